The highest BCUT2D eigenvalue weighted by Gasteiger charge is 2.21. The Kier molecular flexibility index (Phi) is 5.51. The van der Waals surface area contributed by atoms with Crippen molar-refractivity contribution in [3.63, 3.8) is 0 Å². The molecule has 0 bridgehead atoms. The summed E-state index contributed by atoms with van der Waals surface area (Å²) in [4.78, 5) is 0. The maximum atomic E-state index is 12.8. The lowest BCUT2D eigenvalue weighted by Crippen LogP contribution is -2.15. The molecule has 0 saturated heterocycles. The van der Waals surface area contributed by atoms with Gasteiger partial charge in [-0.15, -0.1) is 10.7 Å². The number of hydrogen-bond acceptors (Lipinski definition) is 4. The van der Waals surface area contributed by atoms with Gasteiger partial charge < -0.3 is 4.31 Å². The van der Waals surface area contributed by atoms with Gasteiger partial charge in [-0.05, 0) is 42.5 Å². The van der Waals surface area contributed by atoms with E-state index >= 15 is 0 Å². The van der Waals surface area contributed by atoms with E-state index in [4.69, 9.17) is 0 Å². The molecule has 8 heteroatoms. The van der Waals surface area contributed by atoms with Crippen LogP contribution < -0.4 is 4.31 Å². The molecule has 1 unspecified atom stereocenters. The first kappa shape index (κ1) is 20.4. The number of hydrogen-bond donors (Lipinski definition) is 0. The lowest BCUT2D eigenvalue weighted by atomic mass is 10.0. The van der Waals surface area contributed by atoms with Gasteiger partial charge in [0.1, 0.15) is 5.71 Å². The normalized spacial score (nSPS) is 14.9. The van der Waals surface area contributed by atoms with Crippen LogP contribution in [-0.4, -0.2) is 39.8 Å². The van der Waals surface area contributed by atoms with E-state index in [2.05, 4.69) is 49.9 Å². The van der Waals surface area contributed by atoms with Crippen LogP contribution in [0.1, 0.15) is 23.2 Å². The molecule has 1 aliphatic heterocycles. The summed E-state index contributed by atoms with van der Waals surface area (Å²) in [5.41, 5.74) is 5.54. The Hall–Kier alpha value is -2.87. The second kappa shape index (κ2) is 8.10. The summed E-state index contributed by atoms with van der Waals surface area (Å²) < 4.78 is 29.7. The van der Waals surface area contributed by atoms with Crippen LogP contribution in [-0.2, 0) is 13.6 Å². The van der Waals surface area contributed by atoms with Crippen molar-refractivity contribution in [3.8, 4) is 0 Å². The molecule has 0 radical (unpaired) electrons. The molecule has 156 valence electrons. The quantitative estimate of drug-likeness (QED) is 0.523. The third kappa shape index (κ3) is 3.92. The lowest BCUT2D eigenvalue weighted by Gasteiger charge is -2.26. The summed E-state index contributed by atoms with van der Waals surface area (Å²) in [5.74, 6) is 4.25. The summed E-state index contributed by atoms with van der Waals surface area (Å²) in [5, 5.41) is 13.1. The molecule has 1 atom stereocenters. The average Bonchev–Trinajstić information content (AvgIpc) is 3.32. The Balaban J connectivity index is 1.54. The van der Waals surface area contributed by atoms with Gasteiger partial charge in [0.25, 0.3) is 6.43 Å². The van der Waals surface area contributed by atoms with E-state index in [-0.39, 0.29) is 22.8 Å². The molecule has 0 fully saturated rings. The van der Waals surface area contributed by atoms with E-state index in [1.807, 2.05) is 42.9 Å². The second-order valence-electron chi connectivity index (χ2n) is 7.36. The first-order valence-corrected chi connectivity index (χ1v) is 11.3. The predicted octanol–water partition coefficient (Wildman–Crippen LogP) is 4.95. The summed E-state index contributed by atoms with van der Waals surface area (Å²) in [6.07, 6.45) is -0.366. The highest BCUT2D eigenvalue weighted by atomic mass is 32.2. The van der Waals surface area contributed by atoms with Crippen molar-refractivity contribution in [2.45, 2.75) is 26.3 Å². The van der Waals surface area contributed by atoms with Gasteiger partial charge in [0.15, 0.2) is 0 Å². The van der Waals surface area contributed by atoms with E-state index in [1.165, 1.54) is 0 Å². The van der Waals surface area contributed by atoms with E-state index in [0.29, 0.717) is 12.3 Å². The summed E-state index contributed by atoms with van der Waals surface area (Å²) in [6, 6.07) is 14.2. The number of halogens is 2. The topological polar surface area (TPSA) is 45.8 Å². The van der Waals surface area contributed by atoms with Gasteiger partial charge in [-0.2, -0.15) is 15.3 Å². The molecular weight excluding hydrogens is 404 g/mol. The zero-order chi connectivity index (χ0) is 21.4. The number of fused-ring (bicyclic) bond motifs is 1. The second-order valence-corrected chi connectivity index (χ2v) is 9.00. The van der Waals surface area contributed by atoms with Gasteiger partial charge >= 0.3 is 0 Å². The molecular formula is C22H23F2N5S. The molecule has 30 heavy (non-hydrogen) atoms. The third-order valence-corrected chi connectivity index (χ3v) is 6.29. The Morgan fingerprint density at radius 1 is 1.17 bits per heavy atom. The molecule has 0 saturated carbocycles. The van der Waals surface area contributed by atoms with Crippen LogP contribution in [0.15, 0.2) is 52.7 Å². The summed E-state index contributed by atoms with van der Waals surface area (Å²) in [7, 11) is 1.71. The molecule has 0 aliphatic carbocycles. The summed E-state index contributed by atoms with van der Waals surface area (Å²) in [6.45, 7) is 2.71. The number of anilines is 1. The van der Waals surface area contributed by atoms with Crippen LogP contribution in [0.3, 0.4) is 0 Å². The molecule has 0 amide bonds. The van der Waals surface area contributed by atoms with Gasteiger partial charge in [0.05, 0.1) is 23.5 Å². The van der Waals surface area contributed by atoms with Crippen molar-refractivity contribution in [2.24, 2.45) is 17.3 Å². The van der Waals surface area contributed by atoms with Crippen LogP contribution in [0, 0.1) is 6.92 Å². The van der Waals surface area contributed by atoms with E-state index in [0.717, 1.165) is 33.4 Å². The fourth-order valence-corrected chi connectivity index (χ4v) is 4.42. The molecule has 4 rings (SSSR count). The minimum Gasteiger partial charge on any atom is -0.318 e. The highest BCUT2D eigenvalue weighted by Crippen LogP contribution is 2.31. The van der Waals surface area contributed by atoms with E-state index in [9.17, 15) is 8.78 Å². The van der Waals surface area contributed by atoms with E-state index < -0.39 is 6.43 Å². The summed E-state index contributed by atoms with van der Waals surface area (Å²) >= 11 is 0. The fraction of sp³-hybridized carbons (Fsp3) is 0.273. The fourth-order valence-electron chi connectivity index (χ4n) is 3.58. The number of aromatic nitrogens is 2. The molecule has 2 aromatic carbocycles. The molecule has 2 heterocycles. The van der Waals surface area contributed by atoms with Crippen LogP contribution >= 0.6 is 10.7 Å². The van der Waals surface area contributed by atoms with Crippen molar-refractivity contribution < 1.29 is 8.78 Å². The SMILES string of the molecule is C=S(C)N(Cc1ccc(C2=NN=C(C(F)F)C2)cc1)c1ccc2c(c1)c(C)nn2C. The zero-order valence-corrected chi connectivity index (χ0v) is 18.0. The standard InChI is InChI=1S/C22H23F2N5S/c1-14-18-11-17(9-10-21(18)28(2)27-14)29(30(3)4)13-15-5-7-16(8-6-15)19-12-20(22(23)24)26-25-19/h5-11,22H,3,12-13H2,1-2,4H3. The molecule has 1 aliphatic rings. The minimum absolute atomic E-state index is 0.102. The molecule has 3 aromatic rings. The van der Waals surface area contributed by atoms with Gasteiger partial charge in [0, 0.05) is 24.5 Å². The Labute approximate surface area is 176 Å². The Bertz CT molecular complexity index is 1180. The van der Waals surface area contributed by atoms with Gasteiger partial charge in [0.2, 0.25) is 0 Å². The number of nitrogens with zero attached hydrogens (tertiary/aromatic N) is 5. The average molecular weight is 428 g/mol. The highest BCUT2D eigenvalue weighted by molar-refractivity contribution is 8.14. The van der Waals surface area contributed by atoms with Crippen molar-refractivity contribution in [1.29, 1.82) is 0 Å². The Morgan fingerprint density at radius 2 is 1.90 bits per heavy atom. The first-order chi connectivity index (χ1) is 14.3. The number of alkyl halides is 2. The molecule has 0 N–H and O–H groups in total. The molecule has 0 spiro atoms. The number of benzene rings is 2. The zero-order valence-electron chi connectivity index (χ0n) is 17.1. The van der Waals surface area contributed by atoms with Gasteiger partial charge in [-0.3, -0.25) is 4.68 Å². The van der Waals surface area contributed by atoms with Crippen LogP contribution in [0.5, 0.6) is 0 Å². The van der Waals surface area contributed by atoms with Crippen molar-refractivity contribution in [1.82, 2.24) is 9.78 Å². The van der Waals surface area contributed by atoms with Crippen LogP contribution in [0.4, 0.5) is 14.5 Å². The van der Waals surface area contributed by atoms with Crippen molar-refractivity contribution in [3.05, 3.63) is 59.3 Å². The molecule has 1 aromatic heterocycles. The van der Waals surface area contributed by atoms with Crippen molar-refractivity contribution >= 4 is 44.6 Å². The predicted molar refractivity (Wildman–Crippen MR) is 123 cm³/mol. The van der Waals surface area contributed by atoms with Gasteiger partial charge in [-0.1, -0.05) is 30.1 Å². The Morgan fingerprint density at radius 3 is 2.53 bits per heavy atom. The maximum absolute atomic E-state index is 12.8. The molecule has 5 nitrogen and oxygen atoms in total. The van der Waals surface area contributed by atoms with Crippen LogP contribution in [0.2, 0.25) is 0 Å². The third-order valence-electron chi connectivity index (χ3n) is 5.20. The monoisotopic (exact) mass is 427 g/mol. The van der Waals surface area contributed by atoms with Crippen LogP contribution in [0.25, 0.3) is 10.9 Å². The van der Waals surface area contributed by atoms with E-state index in [1.54, 1.807) is 0 Å². The van der Waals surface area contributed by atoms with Gasteiger partial charge in [-0.25, -0.2) is 8.78 Å². The largest absolute Gasteiger partial charge is 0.318 e. The smallest absolute Gasteiger partial charge is 0.278 e. The number of aryl methyl sites for hydroxylation is 2. The lowest BCUT2D eigenvalue weighted by molar-refractivity contribution is 0.224. The van der Waals surface area contributed by atoms with Crippen molar-refractivity contribution in [2.75, 3.05) is 10.6 Å². The number of rotatable bonds is 6. The maximum Gasteiger partial charge on any atom is 0.278 e. The minimum atomic E-state index is -2.56. The first-order valence-electron chi connectivity index (χ1n) is 9.51.